The predicted molar refractivity (Wildman–Crippen MR) is 113 cm³/mol. The van der Waals surface area contributed by atoms with Crippen LogP contribution in [0.5, 0.6) is 0 Å². The topological polar surface area (TPSA) is 74.1 Å². The summed E-state index contributed by atoms with van der Waals surface area (Å²) < 4.78 is 0. The molecule has 0 bridgehead atoms. The van der Waals surface area contributed by atoms with Gasteiger partial charge < -0.3 is 15.6 Å². The average Bonchev–Trinajstić information content (AvgIpc) is 3.12. The second-order valence-corrected chi connectivity index (χ2v) is 7.54. The number of anilines is 2. The van der Waals surface area contributed by atoms with Crippen molar-refractivity contribution in [3.8, 4) is 0 Å². The normalized spacial score (nSPS) is 15.9. The third kappa shape index (κ3) is 3.58. The zero-order valence-electron chi connectivity index (χ0n) is 16.5. The minimum Gasteiger partial charge on any atom is -0.382 e. The lowest BCUT2D eigenvalue weighted by Crippen LogP contribution is -2.46. The van der Waals surface area contributed by atoms with Gasteiger partial charge in [0, 0.05) is 43.7 Å². The first-order chi connectivity index (χ1) is 13.2. The summed E-state index contributed by atoms with van der Waals surface area (Å²) in [5.74, 6) is 1.54. The van der Waals surface area contributed by atoms with Crippen LogP contribution in [0.25, 0.3) is 21.9 Å². The highest BCUT2D eigenvalue weighted by atomic mass is 15.3. The summed E-state index contributed by atoms with van der Waals surface area (Å²) in [5.41, 5.74) is 10.2. The summed E-state index contributed by atoms with van der Waals surface area (Å²) >= 11 is 0. The van der Waals surface area contributed by atoms with Gasteiger partial charge in [-0.05, 0) is 37.6 Å². The van der Waals surface area contributed by atoms with Crippen molar-refractivity contribution in [1.82, 2.24) is 19.9 Å². The Bertz CT molecular complexity index is 923. The molecule has 2 aromatic heterocycles. The molecule has 0 radical (unpaired) electrons. The largest absolute Gasteiger partial charge is 0.382 e. The number of imidazole rings is 1. The van der Waals surface area contributed by atoms with Gasteiger partial charge in [-0.1, -0.05) is 20.3 Å². The molecule has 0 saturated carbocycles. The van der Waals surface area contributed by atoms with E-state index in [1.165, 1.54) is 18.7 Å². The lowest BCUT2D eigenvalue weighted by atomic mass is 10.1. The Balaban J connectivity index is 1.63. The van der Waals surface area contributed by atoms with Gasteiger partial charge in [-0.3, -0.25) is 4.90 Å². The minimum absolute atomic E-state index is 0.540. The van der Waals surface area contributed by atoms with Crippen molar-refractivity contribution < 1.29 is 0 Å². The molecule has 3 aromatic rings. The number of unbranched alkanes of at least 4 members (excludes halogenated alkanes) is 1. The Morgan fingerprint density at radius 2 is 1.89 bits per heavy atom. The number of H-pyrrole nitrogens is 1. The Morgan fingerprint density at radius 3 is 2.63 bits per heavy atom. The van der Waals surface area contributed by atoms with Crippen LogP contribution in [0.2, 0.25) is 0 Å². The molecule has 0 aliphatic carbocycles. The molecule has 144 valence electrons. The number of aryl methyl sites for hydroxylation is 1. The van der Waals surface area contributed by atoms with E-state index >= 15 is 0 Å². The van der Waals surface area contributed by atoms with Crippen LogP contribution in [0, 0.1) is 0 Å². The third-order valence-electron chi connectivity index (χ3n) is 5.53. The fraction of sp³-hybridized carbons (Fsp3) is 0.524. The number of aromatic nitrogens is 3. The number of hydrogen-bond donors (Lipinski definition) is 2. The summed E-state index contributed by atoms with van der Waals surface area (Å²) in [4.78, 5) is 17.8. The van der Waals surface area contributed by atoms with Crippen LogP contribution in [0.3, 0.4) is 0 Å². The number of rotatable bonds is 6. The molecule has 6 nitrogen and oxygen atoms in total. The van der Waals surface area contributed by atoms with E-state index in [1.807, 2.05) is 0 Å². The number of piperazine rings is 1. The van der Waals surface area contributed by atoms with Crippen molar-refractivity contribution in [3.05, 3.63) is 24.0 Å². The number of fused-ring (bicyclic) bond motifs is 3. The molecule has 0 spiro atoms. The van der Waals surface area contributed by atoms with Crippen molar-refractivity contribution >= 4 is 33.4 Å². The van der Waals surface area contributed by atoms with Crippen LogP contribution in [0.1, 0.15) is 38.9 Å². The first kappa shape index (κ1) is 18.0. The smallest absolute Gasteiger partial charge is 0.150 e. The van der Waals surface area contributed by atoms with Crippen molar-refractivity contribution in [2.75, 3.05) is 43.4 Å². The van der Waals surface area contributed by atoms with Gasteiger partial charge in [-0.2, -0.15) is 0 Å². The Labute approximate surface area is 160 Å². The zero-order valence-corrected chi connectivity index (χ0v) is 16.5. The molecular formula is C21H30N6. The van der Waals surface area contributed by atoms with E-state index in [4.69, 9.17) is 10.7 Å². The third-order valence-corrected chi connectivity index (χ3v) is 5.53. The van der Waals surface area contributed by atoms with Crippen LogP contribution >= 0.6 is 0 Å². The van der Waals surface area contributed by atoms with Gasteiger partial charge in [0.2, 0.25) is 0 Å². The van der Waals surface area contributed by atoms with Crippen molar-refractivity contribution in [2.24, 2.45) is 0 Å². The van der Waals surface area contributed by atoms with Gasteiger partial charge in [0.05, 0.1) is 5.52 Å². The van der Waals surface area contributed by atoms with Crippen molar-refractivity contribution in [1.29, 1.82) is 0 Å². The number of nitrogens with zero attached hydrogens (tertiary/aromatic N) is 4. The maximum Gasteiger partial charge on any atom is 0.150 e. The summed E-state index contributed by atoms with van der Waals surface area (Å²) in [6.45, 7) is 10.0. The summed E-state index contributed by atoms with van der Waals surface area (Å²) in [7, 11) is 0. The van der Waals surface area contributed by atoms with Crippen LogP contribution < -0.4 is 10.6 Å². The molecule has 4 rings (SSSR count). The maximum absolute atomic E-state index is 6.24. The lowest BCUT2D eigenvalue weighted by molar-refractivity contribution is 0.258. The predicted octanol–water partition coefficient (Wildman–Crippen LogP) is 3.57. The molecular weight excluding hydrogens is 336 g/mol. The highest BCUT2D eigenvalue weighted by Crippen LogP contribution is 2.29. The van der Waals surface area contributed by atoms with Crippen molar-refractivity contribution in [3.63, 3.8) is 0 Å². The first-order valence-corrected chi connectivity index (χ1v) is 10.2. The molecule has 1 aliphatic heterocycles. The first-order valence-electron chi connectivity index (χ1n) is 10.2. The van der Waals surface area contributed by atoms with E-state index < -0.39 is 0 Å². The van der Waals surface area contributed by atoms with E-state index in [9.17, 15) is 0 Å². The van der Waals surface area contributed by atoms with Gasteiger partial charge in [-0.25, -0.2) is 9.97 Å². The summed E-state index contributed by atoms with van der Waals surface area (Å²) in [6, 6.07) is 6.53. The number of pyridine rings is 1. The van der Waals surface area contributed by atoms with Gasteiger partial charge in [0.15, 0.2) is 0 Å². The van der Waals surface area contributed by atoms with E-state index in [2.05, 4.69) is 51.8 Å². The van der Waals surface area contributed by atoms with Crippen molar-refractivity contribution in [2.45, 2.75) is 39.5 Å². The molecule has 27 heavy (non-hydrogen) atoms. The van der Waals surface area contributed by atoms with E-state index in [1.54, 1.807) is 0 Å². The fourth-order valence-electron chi connectivity index (χ4n) is 4.01. The molecule has 3 N–H and O–H groups in total. The van der Waals surface area contributed by atoms with Gasteiger partial charge in [0.25, 0.3) is 0 Å². The Morgan fingerprint density at radius 1 is 1.07 bits per heavy atom. The maximum atomic E-state index is 6.24. The second kappa shape index (κ2) is 7.72. The molecule has 1 aliphatic rings. The Kier molecular flexibility index (Phi) is 5.16. The second-order valence-electron chi connectivity index (χ2n) is 7.54. The number of benzene rings is 1. The number of nitrogens with two attached hydrogens (primary N) is 1. The molecule has 0 amide bonds. The van der Waals surface area contributed by atoms with E-state index in [0.717, 1.165) is 73.2 Å². The lowest BCUT2D eigenvalue weighted by Gasteiger charge is -2.36. The monoisotopic (exact) mass is 366 g/mol. The van der Waals surface area contributed by atoms with E-state index in [-0.39, 0.29) is 0 Å². The summed E-state index contributed by atoms with van der Waals surface area (Å²) in [5, 5.41) is 1.08. The van der Waals surface area contributed by atoms with Crippen LogP contribution in [-0.4, -0.2) is 52.6 Å². The van der Waals surface area contributed by atoms with Crippen LogP contribution in [0.4, 0.5) is 11.5 Å². The minimum atomic E-state index is 0.540. The number of aromatic amines is 1. The van der Waals surface area contributed by atoms with Gasteiger partial charge >= 0.3 is 0 Å². The molecule has 6 heteroatoms. The number of nitrogens with one attached hydrogen (secondary N) is 1. The quantitative estimate of drug-likeness (QED) is 0.698. The standard InChI is InChI=1S/C21H30N6/c1-3-5-6-18-24-19-16-8-7-15(14-17(16)23-21(22)20(19)25-18)27-12-10-26(9-4-2)11-13-27/h7-8,14H,3-6,9-13H2,1-2H3,(H2,22,23)(H,24,25). The summed E-state index contributed by atoms with van der Waals surface area (Å²) in [6.07, 6.45) is 4.45. The average molecular weight is 367 g/mol. The Hall–Kier alpha value is -2.34. The highest BCUT2D eigenvalue weighted by Gasteiger charge is 2.18. The zero-order chi connectivity index (χ0) is 18.8. The fourth-order valence-corrected chi connectivity index (χ4v) is 4.01. The molecule has 1 fully saturated rings. The number of nitrogen functional groups attached to an aromatic ring is 1. The highest BCUT2D eigenvalue weighted by molar-refractivity contribution is 6.06. The molecule has 0 unspecified atom stereocenters. The SMILES string of the molecule is CCCCc1nc2c([nH]1)c(N)nc1cc(N3CCN(CCC)CC3)ccc12. The molecule has 3 heterocycles. The van der Waals surface area contributed by atoms with E-state index in [0.29, 0.717) is 5.82 Å². The van der Waals surface area contributed by atoms with Crippen LogP contribution in [-0.2, 0) is 6.42 Å². The van der Waals surface area contributed by atoms with Crippen LogP contribution in [0.15, 0.2) is 18.2 Å². The molecule has 1 aromatic carbocycles. The molecule has 1 saturated heterocycles. The number of hydrogen-bond acceptors (Lipinski definition) is 5. The van der Waals surface area contributed by atoms with Gasteiger partial charge in [-0.15, -0.1) is 0 Å². The van der Waals surface area contributed by atoms with Gasteiger partial charge in [0.1, 0.15) is 22.7 Å². The molecule has 0 atom stereocenters.